The van der Waals surface area contributed by atoms with Gasteiger partial charge in [-0.15, -0.1) is 0 Å². The highest BCUT2D eigenvalue weighted by atomic mass is 16.2. The fraction of sp³-hybridized carbons (Fsp3) is 0.176. The summed E-state index contributed by atoms with van der Waals surface area (Å²) in [6.07, 6.45) is 1.87. The van der Waals surface area contributed by atoms with Crippen molar-refractivity contribution in [1.82, 2.24) is 20.5 Å². The predicted molar refractivity (Wildman–Crippen MR) is 91.3 cm³/mol. The van der Waals surface area contributed by atoms with Crippen LogP contribution in [0.3, 0.4) is 0 Å². The van der Waals surface area contributed by atoms with Crippen LogP contribution in [0.15, 0.2) is 42.6 Å². The summed E-state index contributed by atoms with van der Waals surface area (Å²) in [7, 11) is 0. The van der Waals surface area contributed by atoms with E-state index in [0.29, 0.717) is 11.5 Å². The Labute approximate surface area is 138 Å². The van der Waals surface area contributed by atoms with Gasteiger partial charge >= 0.3 is 0 Å². The highest BCUT2D eigenvalue weighted by Crippen LogP contribution is 2.31. The fourth-order valence-corrected chi connectivity index (χ4v) is 2.45. The maximum Gasteiger partial charge on any atom is 0.227 e. The summed E-state index contributed by atoms with van der Waals surface area (Å²) in [5, 5.41) is 13.1. The maximum atomic E-state index is 12.1. The Morgan fingerprint density at radius 3 is 2.71 bits per heavy atom. The molecule has 0 aliphatic heterocycles. The van der Waals surface area contributed by atoms with E-state index in [1.807, 2.05) is 36.4 Å². The second-order valence-corrected chi connectivity index (χ2v) is 5.30. The number of nitrogens with zero attached hydrogens (tertiary/aromatic N) is 2. The van der Waals surface area contributed by atoms with Crippen molar-refractivity contribution in [1.29, 1.82) is 0 Å². The number of H-pyrrole nitrogens is 1. The van der Waals surface area contributed by atoms with Crippen LogP contribution in [-0.2, 0) is 9.59 Å². The molecule has 7 heteroatoms. The monoisotopic (exact) mass is 323 g/mol. The van der Waals surface area contributed by atoms with Crippen LogP contribution in [0.1, 0.15) is 13.3 Å². The lowest BCUT2D eigenvalue weighted by Crippen LogP contribution is -2.25. The van der Waals surface area contributed by atoms with Crippen molar-refractivity contribution in [2.45, 2.75) is 13.3 Å². The number of carbonyl (C=O) groups is 2. The third-order valence-electron chi connectivity index (χ3n) is 3.53. The predicted octanol–water partition coefficient (Wildman–Crippen LogP) is 2.09. The Balaban J connectivity index is 1.87. The van der Waals surface area contributed by atoms with Gasteiger partial charge in [0.05, 0.1) is 5.39 Å². The van der Waals surface area contributed by atoms with Crippen LogP contribution in [0.4, 0.5) is 5.82 Å². The second kappa shape index (κ2) is 6.91. The molecule has 2 aromatic heterocycles. The van der Waals surface area contributed by atoms with Crippen LogP contribution in [0, 0.1) is 0 Å². The van der Waals surface area contributed by atoms with Crippen molar-refractivity contribution in [2.24, 2.45) is 0 Å². The van der Waals surface area contributed by atoms with Gasteiger partial charge < -0.3 is 10.6 Å². The number of hydrogen-bond donors (Lipinski definition) is 3. The van der Waals surface area contributed by atoms with Crippen molar-refractivity contribution in [3.8, 4) is 11.1 Å². The van der Waals surface area contributed by atoms with Gasteiger partial charge in [0.2, 0.25) is 11.8 Å². The van der Waals surface area contributed by atoms with Gasteiger partial charge in [0, 0.05) is 26.1 Å². The quantitative estimate of drug-likeness (QED) is 0.669. The first kappa shape index (κ1) is 15.7. The summed E-state index contributed by atoms with van der Waals surface area (Å²) in [6, 6.07) is 11.7. The first-order valence-electron chi connectivity index (χ1n) is 7.58. The number of carbonyl (C=O) groups excluding carboxylic acids is 2. The Bertz CT molecular complexity index is 873. The van der Waals surface area contributed by atoms with E-state index in [4.69, 9.17) is 0 Å². The van der Waals surface area contributed by atoms with Crippen molar-refractivity contribution in [3.63, 3.8) is 0 Å². The van der Waals surface area contributed by atoms with Crippen molar-refractivity contribution in [2.75, 3.05) is 11.9 Å². The zero-order chi connectivity index (χ0) is 16.9. The molecule has 0 saturated carbocycles. The highest BCUT2D eigenvalue weighted by molar-refractivity contribution is 6.05. The molecule has 0 radical (unpaired) electrons. The standard InChI is InChI=1S/C17H17N5O2/c1-11(23)18-10-8-14(24)20-17-15-13(12-5-3-2-4-6-12)7-9-19-16(15)21-22-17/h2-7,9H,8,10H2,1H3,(H,18,23)(H2,19,20,21,22,24). The number of fused-ring (bicyclic) bond motifs is 1. The number of nitrogens with one attached hydrogen (secondary N) is 3. The lowest BCUT2D eigenvalue weighted by atomic mass is 10.0. The minimum atomic E-state index is -0.211. The van der Waals surface area contributed by atoms with Gasteiger partial charge in [-0.1, -0.05) is 30.3 Å². The molecular formula is C17H17N5O2. The Hall–Kier alpha value is -3.22. The van der Waals surface area contributed by atoms with Crippen LogP contribution in [0.5, 0.6) is 0 Å². The molecule has 0 bridgehead atoms. The number of aromatic nitrogens is 3. The van der Waals surface area contributed by atoms with E-state index in [1.165, 1.54) is 6.92 Å². The molecule has 2 amide bonds. The van der Waals surface area contributed by atoms with Gasteiger partial charge in [-0.05, 0) is 17.2 Å². The van der Waals surface area contributed by atoms with Crippen LogP contribution < -0.4 is 10.6 Å². The third kappa shape index (κ3) is 3.40. The fourth-order valence-electron chi connectivity index (χ4n) is 2.45. The Morgan fingerprint density at radius 1 is 1.17 bits per heavy atom. The van der Waals surface area contributed by atoms with Gasteiger partial charge in [-0.25, -0.2) is 4.98 Å². The highest BCUT2D eigenvalue weighted by Gasteiger charge is 2.14. The van der Waals surface area contributed by atoms with E-state index in [-0.39, 0.29) is 24.8 Å². The zero-order valence-electron chi connectivity index (χ0n) is 13.2. The maximum absolute atomic E-state index is 12.1. The molecule has 0 atom stereocenters. The van der Waals surface area contributed by atoms with E-state index < -0.39 is 0 Å². The van der Waals surface area contributed by atoms with Gasteiger partial charge in [-0.2, -0.15) is 5.10 Å². The molecule has 7 nitrogen and oxygen atoms in total. The molecule has 0 aliphatic carbocycles. The van der Waals surface area contributed by atoms with Gasteiger partial charge in [-0.3, -0.25) is 14.7 Å². The minimum Gasteiger partial charge on any atom is -0.356 e. The molecule has 3 rings (SSSR count). The Kier molecular flexibility index (Phi) is 4.51. The first-order valence-corrected chi connectivity index (χ1v) is 7.58. The summed E-state index contributed by atoms with van der Waals surface area (Å²) in [5.74, 6) is 0.132. The molecule has 3 aromatic rings. The number of aromatic amines is 1. The SMILES string of the molecule is CC(=O)NCCC(=O)Nc1[nH]nc2nccc(-c3ccccc3)c12. The molecule has 24 heavy (non-hydrogen) atoms. The molecule has 0 unspecified atom stereocenters. The number of amides is 2. The van der Waals surface area contributed by atoms with Crippen molar-refractivity contribution >= 4 is 28.7 Å². The summed E-state index contributed by atoms with van der Waals surface area (Å²) < 4.78 is 0. The van der Waals surface area contributed by atoms with Gasteiger partial charge in [0.25, 0.3) is 0 Å². The second-order valence-electron chi connectivity index (χ2n) is 5.30. The van der Waals surface area contributed by atoms with Gasteiger partial charge in [0.1, 0.15) is 5.82 Å². The molecule has 0 fully saturated rings. The van der Waals surface area contributed by atoms with Crippen LogP contribution in [0.25, 0.3) is 22.2 Å². The van der Waals surface area contributed by atoms with E-state index in [1.54, 1.807) is 6.20 Å². The van der Waals surface area contributed by atoms with Crippen LogP contribution in [0.2, 0.25) is 0 Å². The number of benzene rings is 1. The normalized spacial score (nSPS) is 10.5. The molecule has 0 spiro atoms. The summed E-state index contributed by atoms with van der Waals surface area (Å²) in [5.41, 5.74) is 2.49. The van der Waals surface area contributed by atoms with Crippen molar-refractivity contribution in [3.05, 3.63) is 42.6 Å². The van der Waals surface area contributed by atoms with Crippen molar-refractivity contribution < 1.29 is 9.59 Å². The number of hydrogen-bond acceptors (Lipinski definition) is 4. The van der Waals surface area contributed by atoms with E-state index >= 15 is 0 Å². The average molecular weight is 323 g/mol. The molecule has 122 valence electrons. The molecule has 3 N–H and O–H groups in total. The molecule has 2 heterocycles. The van der Waals surface area contributed by atoms with Crippen LogP contribution >= 0.6 is 0 Å². The lowest BCUT2D eigenvalue weighted by Gasteiger charge is -2.07. The van der Waals surface area contributed by atoms with Crippen LogP contribution in [-0.4, -0.2) is 33.5 Å². The lowest BCUT2D eigenvalue weighted by molar-refractivity contribution is -0.119. The number of pyridine rings is 1. The van der Waals surface area contributed by atoms with E-state index in [0.717, 1.165) is 16.5 Å². The van der Waals surface area contributed by atoms with Gasteiger partial charge in [0.15, 0.2) is 5.65 Å². The smallest absolute Gasteiger partial charge is 0.227 e. The van der Waals surface area contributed by atoms with E-state index in [2.05, 4.69) is 25.8 Å². The molecular weight excluding hydrogens is 306 g/mol. The first-order chi connectivity index (χ1) is 11.6. The molecule has 0 saturated heterocycles. The summed E-state index contributed by atoms with van der Waals surface area (Å²) in [4.78, 5) is 27.1. The minimum absolute atomic E-state index is 0.162. The number of rotatable bonds is 5. The Morgan fingerprint density at radius 2 is 1.96 bits per heavy atom. The summed E-state index contributed by atoms with van der Waals surface area (Å²) >= 11 is 0. The molecule has 0 aliphatic rings. The summed E-state index contributed by atoms with van der Waals surface area (Å²) in [6.45, 7) is 1.70. The topological polar surface area (TPSA) is 99.8 Å². The molecule has 1 aromatic carbocycles. The largest absolute Gasteiger partial charge is 0.356 e. The van der Waals surface area contributed by atoms with E-state index in [9.17, 15) is 9.59 Å². The zero-order valence-corrected chi connectivity index (χ0v) is 13.2. The number of anilines is 1. The average Bonchev–Trinajstić information content (AvgIpc) is 2.98. The third-order valence-corrected chi connectivity index (χ3v) is 3.53.